The van der Waals surface area contributed by atoms with E-state index in [0.29, 0.717) is 17.1 Å². The Labute approximate surface area is 107 Å². The van der Waals surface area contributed by atoms with E-state index in [0.717, 1.165) is 0 Å². The molecule has 0 aliphatic carbocycles. The van der Waals surface area contributed by atoms with Crippen molar-refractivity contribution in [1.29, 1.82) is 0 Å². The van der Waals surface area contributed by atoms with E-state index in [-0.39, 0.29) is 18.3 Å². The molecule has 2 N–H and O–H groups in total. The summed E-state index contributed by atoms with van der Waals surface area (Å²) in [6.45, 7) is 6.09. The maximum atomic E-state index is 13.5. The van der Waals surface area contributed by atoms with Crippen LogP contribution in [0.15, 0.2) is 18.2 Å². The molecule has 1 aromatic rings. The van der Waals surface area contributed by atoms with Gasteiger partial charge in [-0.1, -0.05) is 25.4 Å². The average molecular weight is 260 g/mol. The molecular weight excluding hydrogens is 241 g/mol. The molecule has 2 nitrogen and oxygen atoms in total. The fourth-order valence-electron chi connectivity index (χ4n) is 1.58. The fraction of sp³-hybridized carbons (Fsp3) is 0.538. The molecule has 96 valence electrons. The molecule has 0 amide bonds. The van der Waals surface area contributed by atoms with Gasteiger partial charge in [0.05, 0.1) is 5.60 Å². The SMILES string of the molecule is CC(C)NCC(C)(O)Cc1cc(Cl)ccc1F. The quantitative estimate of drug-likeness (QED) is 0.852. The molecule has 0 bridgehead atoms. The summed E-state index contributed by atoms with van der Waals surface area (Å²) < 4.78 is 13.5. The van der Waals surface area contributed by atoms with E-state index in [9.17, 15) is 9.50 Å². The number of hydrogen-bond acceptors (Lipinski definition) is 2. The number of hydrogen-bond donors (Lipinski definition) is 2. The monoisotopic (exact) mass is 259 g/mol. The van der Waals surface area contributed by atoms with Crippen molar-refractivity contribution >= 4 is 11.6 Å². The largest absolute Gasteiger partial charge is 0.389 e. The van der Waals surface area contributed by atoms with Gasteiger partial charge in [-0.3, -0.25) is 0 Å². The molecule has 0 saturated carbocycles. The average Bonchev–Trinajstić information content (AvgIpc) is 2.20. The normalized spacial score (nSPS) is 15.0. The molecule has 17 heavy (non-hydrogen) atoms. The molecule has 1 aromatic carbocycles. The Kier molecular flexibility index (Phi) is 4.92. The Morgan fingerprint density at radius 2 is 2.12 bits per heavy atom. The van der Waals surface area contributed by atoms with Gasteiger partial charge in [-0.25, -0.2) is 4.39 Å². The van der Waals surface area contributed by atoms with Crippen LogP contribution in [0.1, 0.15) is 26.3 Å². The summed E-state index contributed by atoms with van der Waals surface area (Å²) >= 11 is 5.81. The van der Waals surface area contributed by atoms with E-state index in [2.05, 4.69) is 5.32 Å². The Morgan fingerprint density at radius 3 is 2.71 bits per heavy atom. The maximum Gasteiger partial charge on any atom is 0.126 e. The lowest BCUT2D eigenvalue weighted by atomic mass is 9.96. The molecule has 1 rings (SSSR count). The van der Waals surface area contributed by atoms with Gasteiger partial charge < -0.3 is 10.4 Å². The number of halogens is 2. The number of benzene rings is 1. The minimum Gasteiger partial charge on any atom is -0.389 e. The first kappa shape index (κ1) is 14.4. The minimum absolute atomic E-state index is 0.235. The molecule has 1 atom stereocenters. The smallest absolute Gasteiger partial charge is 0.126 e. The summed E-state index contributed by atoms with van der Waals surface area (Å²) in [6.07, 6.45) is 0.235. The third-order valence-corrected chi connectivity index (χ3v) is 2.71. The summed E-state index contributed by atoms with van der Waals surface area (Å²) in [6, 6.07) is 4.66. The van der Waals surface area contributed by atoms with Crippen LogP contribution < -0.4 is 5.32 Å². The third kappa shape index (κ3) is 5.02. The molecule has 0 spiro atoms. The molecule has 1 unspecified atom stereocenters. The van der Waals surface area contributed by atoms with Crippen molar-refractivity contribution in [3.05, 3.63) is 34.6 Å². The predicted octanol–water partition coefficient (Wildman–Crippen LogP) is 2.77. The zero-order chi connectivity index (χ0) is 13.1. The molecule has 0 aliphatic rings. The van der Waals surface area contributed by atoms with E-state index in [1.54, 1.807) is 13.0 Å². The molecule has 4 heteroatoms. The zero-order valence-electron chi connectivity index (χ0n) is 10.4. The van der Waals surface area contributed by atoms with E-state index >= 15 is 0 Å². The van der Waals surface area contributed by atoms with Crippen molar-refractivity contribution in [2.75, 3.05) is 6.54 Å². The fourth-order valence-corrected chi connectivity index (χ4v) is 1.77. The van der Waals surface area contributed by atoms with Crippen molar-refractivity contribution in [3.63, 3.8) is 0 Å². The minimum atomic E-state index is -0.990. The first-order valence-corrected chi connectivity index (χ1v) is 6.08. The second-order valence-electron chi connectivity index (χ2n) is 4.95. The van der Waals surface area contributed by atoms with Gasteiger partial charge in [0.15, 0.2) is 0 Å². The maximum absolute atomic E-state index is 13.5. The van der Waals surface area contributed by atoms with Gasteiger partial charge in [-0.05, 0) is 30.7 Å². The summed E-state index contributed by atoms with van der Waals surface area (Å²) in [7, 11) is 0. The summed E-state index contributed by atoms with van der Waals surface area (Å²) in [5.41, 5.74) is -0.552. The van der Waals surface area contributed by atoms with E-state index < -0.39 is 5.60 Å². The number of aliphatic hydroxyl groups is 1. The second-order valence-corrected chi connectivity index (χ2v) is 5.38. The highest BCUT2D eigenvalue weighted by Crippen LogP contribution is 2.20. The van der Waals surface area contributed by atoms with Crippen LogP contribution in [0.3, 0.4) is 0 Å². The predicted molar refractivity (Wildman–Crippen MR) is 68.9 cm³/mol. The Balaban J connectivity index is 2.71. The van der Waals surface area contributed by atoms with Gasteiger partial charge in [-0.2, -0.15) is 0 Å². The van der Waals surface area contributed by atoms with Gasteiger partial charge in [-0.15, -0.1) is 0 Å². The van der Waals surface area contributed by atoms with Crippen LogP contribution in [0, 0.1) is 5.82 Å². The van der Waals surface area contributed by atoms with Gasteiger partial charge in [0.25, 0.3) is 0 Å². The van der Waals surface area contributed by atoms with Crippen molar-refractivity contribution in [1.82, 2.24) is 5.32 Å². The van der Waals surface area contributed by atoms with Gasteiger partial charge in [0.1, 0.15) is 5.82 Å². The first-order valence-electron chi connectivity index (χ1n) is 5.70. The lowest BCUT2D eigenvalue weighted by Crippen LogP contribution is -2.42. The van der Waals surface area contributed by atoms with Crippen LogP contribution in [0.2, 0.25) is 5.02 Å². The first-order chi connectivity index (χ1) is 7.80. The molecule has 0 fully saturated rings. The molecule has 0 aliphatic heterocycles. The van der Waals surface area contributed by atoms with Crippen LogP contribution in [-0.2, 0) is 6.42 Å². The van der Waals surface area contributed by atoms with Crippen LogP contribution >= 0.6 is 11.6 Å². The van der Waals surface area contributed by atoms with Crippen LogP contribution in [0.5, 0.6) is 0 Å². The van der Waals surface area contributed by atoms with E-state index in [4.69, 9.17) is 11.6 Å². The molecule has 0 radical (unpaired) electrons. The third-order valence-electron chi connectivity index (χ3n) is 2.47. The second kappa shape index (κ2) is 5.80. The summed E-state index contributed by atoms with van der Waals surface area (Å²) in [5.74, 6) is -0.334. The van der Waals surface area contributed by atoms with Crippen molar-refractivity contribution in [2.24, 2.45) is 0 Å². The molecule has 0 saturated heterocycles. The van der Waals surface area contributed by atoms with Gasteiger partial charge in [0, 0.05) is 24.0 Å². The van der Waals surface area contributed by atoms with Crippen LogP contribution in [-0.4, -0.2) is 23.3 Å². The van der Waals surface area contributed by atoms with E-state index in [1.807, 2.05) is 13.8 Å². The lowest BCUT2D eigenvalue weighted by molar-refractivity contribution is 0.0573. The van der Waals surface area contributed by atoms with Crippen LogP contribution in [0.4, 0.5) is 4.39 Å². The summed E-state index contributed by atoms with van der Waals surface area (Å²) in [4.78, 5) is 0. The number of rotatable bonds is 5. The molecule has 0 aromatic heterocycles. The molecular formula is C13H19ClFNO. The highest BCUT2D eigenvalue weighted by molar-refractivity contribution is 6.30. The summed E-state index contributed by atoms with van der Waals surface area (Å²) in [5, 5.41) is 13.8. The molecule has 0 heterocycles. The Hall–Kier alpha value is -0.640. The highest BCUT2D eigenvalue weighted by Gasteiger charge is 2.22. The topological polar surface area (TPSA) is 32.3 Å². The van der Waals surface area contributed by atoms with Gasteiger partial charge >= 0.3 is 0 Å². The van der Waals surface area contributed by atoms with Crippen LogP contribution in [0.25, 0.3) is 0 Å². The van der Waals surface area contributed by atoms with Crippen molar-refractivity contribution in [3.8, 4) is 0 Å². The van der Waals surface area contributed by atoms with Crippen molar-refractivity contribution in [2.45, 2.75) is 38.8 Å². The number of nitrogens with one attached hydrogen (secondary N) is 1. The van der Waals surface area contributed by atoms with Crippen molar-refractivity contribution < 1.29 is 9.50 Å². The van der Waals surface area contributed by atoms with E-state index in [1.165, 1.54) is 12.1 Å². The standard InChI is InChI=1S/C13H19ClFNO/c1-9(2)16-8-13(3,17)7-10-6-11(14)4-5-12(10)15/h4-6,9,16-17H,7-8H2,1-3H3. The Bertz CT molecular complexity index is 380. The zero-order valence-corrected chi connectivity index (χ0v) is 11.2. The van der Waals surface area contributed by atoms with Gasteiger partial charge in [0.2, 0.25) is 0 Å². The highest BCUT2D eigenvalue weighted by atomic mass is 35.5. The Morgan fingerprint density at radius 1 is 1.47 bits per heavy atom. The lowest BCUT2D eigenvalue weighted by Gasteiger charge is -2.25.